The topological polar surface area (TPSA) is 61.8 Å². The van der Waals surface area contributed by atoms with E-state index in [2.05, 4.69) is 10.3 Å². The molecule has 0 spiro atoms. The number of amides is 2. The fourth-order valence-electron chi connectivity index (χ4n) is 1.32. The van der Waals surface area contributed by atoms with Crippen LogP contribution in [0, 0.1) is 5.92 Å². The Morgan fingerprint density at radius 1 is 1.83 bits per heavy atom. The third-order valence-corrected chi connectivity index (χ3v) is 2.02. The summed E-state index contributed by atoms with van der Waals surface area (Å²) in [5, 5.41) is 8.81. The highest BCUT2D eigenvalue weighted by molar-refractivity contribution is 5.73. The highest BCUT2D eigenvalue weighted by Crippen LogP contribution is 2.14. The van der Waals surface area contributed by atoms with Gasteiger partial charge in [0.05, 0.1) is 7.11 Å². The summed E-state index contributed by atoms with van der Waals surface area (Å²) in [4.78, 5) is 17.2. The van der Waals surface area contributed by atoms with Gasteiger partial charge in [-0.15, -0.1) is 0 Å². The van der Waals surface area contributed by atoms with Gasteiger partial charge in [-0.2, -0.15) is 0 Å². The van der Waals surface area contributed by atoms with Crippen LogP contribution in [-0.2, 0) is 4.84 Å². The molecule has 2 amide bonds. The number of hydrogen-bond acceptors (Lipinski definition) is 3. The quantitative estimate of drug-likeness (QED) is 0.558. The van der Waals surface area contributed by atoms with Gasteiger partial charge in [0.2, 0.25) is 0 Å². The molecule has 1 rings (SSSR count). The fraction of sp³-hybridized carbons (Fsp3) is 0.857. The SMILES string of the molecule is CONC(=O)N1CC[C@@H](CO)C1. The highest BCUT2D eigenvalue weighted by atomic mass is 16.6. The van der Waals surface area contributed by atoms with Crippen molar-refractivity contribution in [1.29, 1.82) is 0 Å². The van der Waals surface area contributed by atoms with Gasteiger partial charge in [-0.1, -0.05) is 0 Å². The number of aliphatic hydroxyl groups excluding tert-OH is 1. The molecule has 0 bridgehead atoms. The van der Waals surface area contributed by atoms with E-state index >= 15 is 0 Å². The smallest absolute Gasteiger partial charge is 0.341 e. The first-order valence-corrected chi connectivity index (χ1v) is 3.96. The predicted octanol–water partition coefficient (Wildman–Crippen LogP) is -0.428. The van der Waals surface area contributed by atoms with Gasteiger partial charge in [0.15, 0.2) is 0 Å². The minimum Gasteiger partial charge on any atom is -0.396 e. The summed E-state index contributed by atoms with van der Waals surface area (Å²) in [6.45, 7) is 1.46. The van der Waals surface area contributed by atoms with Crippen molar-refractivity contribution >= 4 is 6.03 Å². The molecule has 0 radical (unpaired) electrons. The molecule has 0 saturated carbocycles. The van der Waals surface area contributed by atoms with Crippen LogP contribution >= 0.6 is 0 Å². The molecule has 2 N–H and O–H groups in total. The van der Waals surface area contributed by atoms with Crippen LogP contribution in [0.15, 0.2) is 0 Å². The largest absolute Gasteiger partial charge is 0.396 e. The maximum Gasteiger partial charge on any atom is 0.341 e. The first-order valence-electron chi connectivity index (χ1n) is 3.96. The van der Waals surface area contributed by atoms with Gasteiger partial charge >= 0.3 is 6.03 Å². The van der Waals surface area contributed by atoms with Gasteiger partial charge in [0, 0.05) is 25.6 Å². The normalized spacial score (nSPS) is 22.8. The molecule has 1 atom stereocenters. The maximum absolute atomic E-state index is 11.1. The Balaban J connectivity index is 2.31. The third-order valence-electron chi connectivity index (χ3n) is 2.02. The van der Waals surface area contributed by atoms with Crippen molar-refractivity contribution in [2.24, 2.45) is 5.92 Å². The van der Waals surface area contributed by atoms with Crippen LogP contribution in [0.3, 0.4) is 0 Å². The van der Waals surface area contributed by atoms with Gasteiger partial charge in [-0.3, -0.25) is 4.84 Å². The van der Waals surface area contributed by atoms with Gasteiger partial charge in [-0.25, -0.2) is 10.3 Å². The summed E-state index contributed by atoms with van der Waals surface area (Å²) in [6.07, 6.45) is 0.869. The van der Waals surface area contributed by atoms with Crippen LogP contribution in [0.5, 0.6) is 0 Å². The number of urea groups is 1. The molecular weight excluding hydrogens is 160 g/mol. The van der Waals surface area contributed by atoms with E-state index in [1.165, 1.54) is 7.11 Å². The number of hydrogen-bond donors (Lipinski definition) is 2. The van der Waals surface area contributed by atoms with Gasteiger partial charge in [0.25, 0.3) is 0 Å². The van der Waals surface area contributed by atoms with Crippen LogP contribution in [0.4, 0.5) is 4.79 Å². The second-order valence-electron chi connectivity index (χ2n) is 2.89. The third kappa shape index (κ3) is 2.09. The molecule has 0 aromatic rings. The number of aliphatic hydroxyl groups is 1. The summed E-state index contributed by atoms with van der Waals surface area (Å²) in [6, 6.07) is -0.228. The number of rotatable bonds is 2. The number of carbonyl (C=O) groups is 1. The molecule has 1 saturated heterocycles. The lowest BCUT2D eigenvalue weighted by molar-refractivity contribution is 0.0895. The molecule has 5 nitrogen and oxygen atoms in total. The molecule has 70 valence electrons. The predicted molar refractivity (Wildman–Crippen MR) is 42.3 cm³/mol. The first-order chi connectivity index (χ1) is 5.77. The molecular formula is C7H14N2O3. The molecule has 0 aromatic carbocycles. The Hall–Kier alpha value is -0.810. The van der Waals surface area contributed by atoms with E-state index in [4.69, 9.17) is 5.11 Å². The van der Waals surface area contributed by atoms with E-state index in [-0.39, 0.29) is 18.6 Å². The number of hydroxylamine groups is 1. The number of nitrogens with one attached hydrogen (secondary N) is 1. The molecule has 1 aliphatic heterocycles. The van der Waals surface area contributed by atoms with Gasteiger partial charge in [-0.05, 0) is 6.42 Å². The zero-order chi connectivity index (χ0) is 8.97. The van der Waals surface area contributed by atoms with E-state index in [0.29, 0.717) is 13.1 Å². The summed E-state index contributed by atoms with van der Waals surface area (Å²) in [5.41, 5.74) is 2.24. The highest BCUT2D eigenvalue weighted by Gasteiger charge is 2.25. The zero-order valence-corrected chi connectivity index (χ0v) is 7.12. The second kappa shape index (κ2) is 4.27. The Kier molecular flexibility index (Phi) is 3.31. The Labute approximate surface area is 71.3 Å². The number of likely N-dealkylation sites (tertiary alicyclic amines) is 1. The minimum absolute atomic E-state index is 0.150. The average molecular weight is 174 g/mol. The summed E-state index contributed by atoms with van der Waals surface area (Å²) >= 11 is 0. The second-order valence-corrected chi connectivity index (χ2v) is 2.89. The average Bonchev–Trinajstić information content (AvgIpc) is 2.52. The van der Waals surface area contributed by atoms with Crippen LogP contribution in [0.25, 0.3) is 0 Å². The summed E-state index contributed by atoms with van der Waals surface area (Å²) < 4.78 is 0. The standard InChI is InChI=1S/C7H14N2O3/c1-12-8-7(11)9-3-2-6(4-9)5-10/h6,10H,2-5H2,1H3,(H,8,11)/t6-/m1/s1. The molecule has 12 heavy (non-hydrogen) atoms. The van der Waals surface area contributed by atoms with Crippen LogP contribution in [-0.4, -0.2) is 42.8 Å². The summed E-state index contributed by atoms with van der Waals surface area (Å²) in [5.74, 6) is 0.229. The maximum atomic E-state index is 11.1. The lowest BCUT2D eigenvalue weighted by atomic mass is 10.1. The molecule has 1 heterocycles. The van der Waals surface area contributed by atoms with Crippen molar-refractivity contribution in [1.82, 2.24) is 10.4 Å². The van der Waals surface area contributed by atoms with Crippen molar-refractivity contribution in [3.63, 3.8) is 0 Å². The van der Waals surface area contributed by atoms with E-state index in [0.717, 1.165) is 6.42 Å². The zero-order valence-electron chi connectivity index (χ0n) is 7.12. The fourth-order valence-corrected chi connectivity index (χ4v) is 1.32. The number of nitrogens with zero attached hydrogens (tertiary/aromatic N) is 1. The first kappa shape index (κ1) is 9.28. The lowest BCUT2D eigenvalue weighted by Gasteiger charge is -2.15. The molecule has 1 fully saturated rings. The lowest BCUT2D eigenvalue weighted by Crippen LogP contribution is -2.37. The molecule has 0 aromatic heterocycles. The van der Waals surface area contributed by atoms with Crippen molar-refractivity contribution in [3.05, 3.63) is 0 Å². The Bertz CT molecular complexity index is 163. The monoisotopic (exact) mass is 174 g/mol. The van der Waals surface area contributed by atoms with Gasteiger partial charge < -0.3 is 10.0 Å². The van der Waals surface area contributed by atoms with E-state index in [9.17, 15) is 4.79 Å². The van der Waals surface area contributed by atoms with Crippen molar-refractivity contribution in [3.8, 4) is 0 Å². The Morgan fingerprint density at radius 2 is 2.58 bits per heavy atom. The van der Waals surface area contributed by atoms with E-state index < -0.39 is 0 Å². The van der Waals surface area contributed by atoms with Crippen molar-refractivity contribution < 1.29 is 14.7 Å². The van der Waals surface area contributed by atoms with Gasteiger partial charge in [0.1, 0.15) is 0 Å². The van der Waals surface area contributed by atoms with Crippen LogP contribution in [0.2, 0.25) is 0 Å². The molecule has 0 aliphatic carbocycles. The van der Waals surface area contributed by atoms with Crippen molar-refractivity contribution in [2.75, 3.05) is 26.8 Å². The van der Waals surface area contributed by atoms with E-state index in [1.54, 1.807) is 4.90 Å². The molecule has 5 heteroatoms. The summed E-state index contributed by atoms with van der Waals surface area (Å²) in [7, 11) is 1.40. The minimum atomic E-state index is -0.228. The molecule has 1 aliphatic rings. The van der Waals surface area contributed by atoms with Crippen LogP contribution < -0.4 is 5.48 Å². The number of carbonyl (C=O) groups excluding carboxylic acids is 1. The van der Waals surface area contributed by atoms with Crippen LogP contribution in [0.1, 0.15) is 6.42 Å². The van der Waals surface area contributed by atoms with E-state index in [1.807, 2.05) is 0 Å². The van der Waals surface area contributed by atoms with Crippen molar-refractivity contribution in [2.45, 2.75) is 6.42 Å². The molecule has 0 unspecified atom stereocenters. The Morgan fingerprint density at radius 3 is 3.08 bits per heavy atom.